The molecule has 0 unspecified atom stereocenters. The monoisotopic (exact) mass is 486 g/mol. The van der Waals surface area contributed by atoms with Gasteiger partial charge >= 0.3 is 0 Å². The fraction of sp³-hybridized carbons (Fsp3) is 0.421. The summed E-state index contributed by atoms with van der Waals surface area (Å²) < 4.78 is 60.0. The van der Waals surface area contributed by atoms with Crippen molar-refractivity contribution in [3.63, 3.8) is 0 Å². The van der Waals surface area contributed by atoms with E-state index in [9.17, 15) is 16.8 Å². The summed E-state index contributed by atoms with van der Waals surface area (Å²) in [7, 11) is -0.931. The number of rotatable bonds is 9. The van der Waals surface area contributed by atoms with Gasteiger partial charge in [-0.25, -0.2) is 12.7 Å². The molecule has 1 aromatic heterocycles. The highest BCUT2D eigenvalue weighted by molar-refractivity contribution is 7.98. The second kappa shape index (κ2) is 9.33. The fourth-order valence-electron chi connectivity index (χ4n) is 2.94. The predicted octanol–water partition coefficient (Wildman–Crippen LogP) is 1.56. The van der Waals surface area contributed by atoms with Gasteiger partial charge in [0.15, 0.2) is 0 Å². The van der Waals surface area contributed by atoms with Crippen LogP contribution in [0.1, 0.15) is 17.1 Å². The van der Waals surface area contributed by atoms with Crippen molar-refractivity contribution in [3.8, 4) is 0 Å². The van der Waals surface area contributed by atoms with Crippen LogP contribution in [0.2, 0.25) is 0 Å². The molecule has 9 nitrogen and oxygen atoms in total. The number of nitrogens with zero attached hydrogens (tertiary/aromatic N) is 3. The summed E-state index contributed by atoms with van der Waals surface area (Å²) in [6, 6.07) is 7.96. The Kier molecular flexibility index (Phi) is 7.16. The van der Waals surface area contributed by atoms with Crippen LogP contribution in [0.3, 0.4) is 0 Å². The number of fused-ring (bicyclic) bond motifs is 1. The summed E-state index contributed by atoms with van der Waals surface area (Å²) in [4.78, 5) is 1.85. The van der Waals surface area contributed by atoms with Gasteiger partial charge in [-0.05, 0) is 44.4 Å². The highest BCUT2D eigenvalue weighted by Crippen LogP contribution is 2.29. The third-order valence-electron chi connectivity index (χ3n) is 4.45. The summed E-state index contributed by atoms with van der Waals surface area (Å²) in [5.74, 6) is 3.46. The molecule has 0 bridgehead atoms. The fourth-order valence-corrected chi connectivity index (χ4v) is 5.91. The van der Waals surface area contributed by atoms with E-state index in [0.717, 1.165) is 28.4 Å². The van der Waals surface area contributed by atoms with Crippen molar-refractivity contribution in [1.29, 1.82) is 0 Å². The highest BCUT2D eigenvalue weighted by atomic mass is 32.2. The van der Waals surface area contributed by atoms with E-state index >= 15 is 0 Å². The van der Waals surface area contributed by atoms with Crippen molar-refractivity contribution in [3.05, 3.63) is 47.4 Å². The molecule has 1 N–H and O–H groups in total. The summed E-state index contributed by atoms with van der Waals surface area (Å²) in [6.07, 6.45) is 0. The normalized spacial score (nSPS) is 15.4. The first-order valence-corrected chi connectivity index (χ1v) is 13.5. The zero-order valence-electron chi connectivity index (χ0n) is 17.8. The zero-order valence-corrected chi connectivity index (χ0v) is 20.3. The van der Waals surface area contributed by atoms with Gasteiger partial charge < -0.3 is 14.6 Å². The number of benzene rings is 1. The molecule has 0 atom stereocenters. The Labute approximate surface area is 187 Å². The number of sulfonamides is 2. The molecular weight excluding hydrogens is 460 g/mol. The molecule has 1 aliphatic rings. The molecule has 12 heteroatoms. The van der Waals surface area contributed by atoms with E-state index in [0.29, 0.717) is 23.6 Å². The minimum Gasteiger partial charge on any atom is -0.464 e. The molecule has 0 aliphatic carbocycles. The maximum absolute atomic E-state index is 12.4. The van der Waals surface area contributed by atoms with Crippen LogP contribution in [0.5, 0.6) is 0 Å². The average Bonchev–Trinajstić information content (AvgIpc) is 3.22. The van der Waals surface area contributed by atoms with Crippen LogP contribution in [0, 0.1) is 0 Å². The molecule has 0 amide bonds. The molecule has 2 aromatic rings. The molecule has 0 fully saturated rings. The van der Waals surface area contributed by atoms with Gasteiger partial charge in [0.25, 0.3) is 10.0 Å². The third-order valence-corrected chi connectivity index (χ3v) is 8.56. The van der Waals surface area contributed by atoms with Crippen molar-refractivity contribution in [1.82, 2.24) is 14.5 Å². The number of furan rings is 1. The maximum Gasteiger partial charge on any atom is 0.285 e. The summed E-state index contributed by atoms with van der Waals surface area (Å²) in [6.45, 7) is 1.25. The van der Waals surface area contributed by atoms with Crippen LogP contribution >= 0.6 is 11.8 Å². The van der Waals surface area contributed by atoms with E-state index in [4.69, 9.17) is 4.42 Å². The summed E-state index contributed by atoms with van der Waals surface area (Å²) in [5.41, 5.74) is 0.377. The van der Waals surface area contributed by atoms with Crippen LogP contribution in [-0.2, 0) is 32.3 Å². The lowest BCUT2D eigenvalue weighted by atomic mass is 10.2. The highest BCUT2D eigenvalue weighted by Gasteiger charge is 2.31. The Balaban J connectivity index is 1.59. The Morgan fingerprint density at radius 1 is 1.10 bits per heavy atom. The Morgan fingerprint density at radius 3 is 2.48 bits per heavy atom. The lowest BCUT2D eigenvalue weighted by molar-refractivity contribution is 0.344. The summed E-state index contributed by atoms with van der Waals surface area (Å²) >= 11 is 1.65. The van der Waals surface area contributed by atoms with Crippen LogP contribution < -0.4 is 5.32 Å². The average molecular weight is 487 g/mol. The van der Waals surface area contributed by atoms with Gasteiger partial charge in [-0.15, -0.1) is 4.40 Å². The Morgan fingerprint density at radius 2 is 1.81 bits per heavy atom. The van der Waals surface area contributed by atoms with E-state index in [-0.39, 0.29) is 15.6 Å². The lowest BCUT2D eigenvalue weighted by Crippen LogP contribution is -2.26. The number of thioether (sulfide) groups is 1. The largest absolute Gasteiger partial charge is 0.464 e. The molecule has 0 saturated heterocycles. The van der Waals surface area contributed by atoms with E-state index in [2.05, 4.69) is 9.71 Å². The van der Waals surface area contributed by atoms with Gasteiger partial charge in [0.05, 0.1) is 17.2 Å². The summed E-state index contributed by atoms with van der Waals surface area (Å²) in [5, 5.41) is 3.04. The number of hydrogen-bond donors (Lipinski definition) is 1. The molecule has 1 aliphatic heterocycles. The van der Waals surface area contributed by atoms with Gasteiger partial charge in [-0.3, -0.25) is 0 Å². The second-order valence-corrected chi connectivity index (χ2v) is 12.3. The minimum absolute atomic E-state index is 0.0843. The smallest absolute Gasteiger partial charge is 0.285 e. The molecule has 0 spiro atoms. The van der Waals surface area contributed by atoms with Crippen LogP contribution in [0.25, 0.3) is 0 Å². The first-order chi connectivity index (χ1) is 14.5. The molecule has 0 radical (unpaired) electrons. The maximum atomic E-state index is 12.4. The first kappa shape index (κ1) is 23.8. The lowest BCUT2D eigenvalue weighted by Gasteiger charge is -2.12. The topological polar surface area (TPSA) is 112 Å². The van der Waals surface area contributed by atoms with Crippen molar-refractivity contribution in [2.24, 2.45) is 4.40 Å². The van der Waals surface area contributed by atoms with Crippen molar-refractivity contribution < 1.29 is 21.3 Å². The molecule has 2 heterocycles. The first-order valence-electron chi connectivity index (χ1n) is 9.46. The molecule has 0 saturated carbocycles. The minimum atomic E-state index is -3.94. The number of amidine groups is 1. The van der Waals surface area contributed by atoms with Crippen LogP contribution in [0.4, 0.5) is 0 Å². The standard InChI is InChI=1S/C19H26N4O5S3/c1-22(2)12-14-5-6-15(28-14)13-29-10-9-20-19-17-8-7-16(31(26,27)23(3)4)11-18(17)30(24,25)21-19/h5-8,11H,9-10,12-13H2,1-4H3,(H,20,21). The third kappa shape index (κ3) is 5.50. The van der Waals surface area contributed by atoms with Crippen molar-refractivity contribution in [2.75, 3.05) is 40.5 Å². The molecule has 3 rings (SSSR count). The van der Waals surface area contributed by atoms with Gasteiger partial charge in [-0.1, -0.05) is 0 Å². The van der Waals surface area contributed by atoms with Crippen LogP contribution in [0.15, 0.2) is 48.9 Å². The quantitative estimate of drug-likeness (QED) is 0.532. The SMILES string of the molecule is CN(C)Cc1ccc(CSCCNC2=NS(=O)(=O)c3cc(S(=O)(=O)N(C)C)ccc32)o1. The van der Waals surface area contributed by atoms with E-state index in [1.807, 2.05) is 31.1 Å². The van der Waals surface area contributed by atoms with Crippen molar-refractivity contribution >= 4 is 37.6 Å². The molecular formula is C19H26N4O5S3. The Hall–Kier alpha value is -1.86. The molecule has 1 aromatic carbocycles. The van der Waals surface area contributed by atoms with Gasteiger partial charge in [0, 0.05) is 32.0 Å². The molecule has 31 heavy (non-hydrogen) atoms. The van der Waals surface area contributed by atoms with E-state index in [1.54, 1.807) is 11.8 Å². The van der Waals surface area contributed by atoms with E-state index in [1.165, 1.54) is 26.2 Å². The van der Waals surface area contributed by atoms with Gasteiger partial charge in [-0.2, -0.15) is 20.2 Å². The van der Waals surface area contributed by atoms with E-state index < -0.39 is 20.0 Å². The van der Waals surface area contributed by atoms with Gasteiger partial charge in [0.1, 0.15) is 22.3 Å². The van der Waals surface area contributed by atoms with Gasteiger partial charge in [0.2, 0.25) is 10.0 Å². The molecule has 170 valence electrons. The second-order valence-electron chi connectivity index (χ2n) is 7.45. The number of hydrogen-bond acceptors (Lipinski definition) is 8. The predicted molar refractivity (Wildman–Crippen MR) is 121 cm³/mol. The zero-order chi connectivity index (χ0) is 22.8. The number of nitrogens with one attached hydrogen (secondary N) is 1. The Bertz CT molecular complexity index is 1180. The van der Waals surface area contributed by atoms with Crippen molar-refractivity contribution in [2.45, 2.75) is 22.1 Å². The van der Waals surface area contributed by atoms with Crippen LogP contribution in [-0.4, -0.2) is 72.4 Å².